The number of nitrogens with zero attached hydrogens (tertiary/aromatic N) is 1. The molecule has 0 bridgehead atoms. The summed E-state index contributed by atoms with van der Waals surface area (Å²) in [7, 11) is 0. The van der Waals surface area contributed by atoms with Crippen LogP contribution in [0.2, 0.25) is 0 Å². The highest BCUT2D eigenvalue weighted by molar-refractivity contribution is 7.12. The Morgan fingerprint density at radius 2 is 2.27 bits per heavy atom. The van der Waals surface area contributed by atoms with Crippen LogP contribution in [0.15, 0.2) is 6.08 Å². The van der Waals surface area contributed by atoms with E-state index in [0.29, 0.717) is 0 Å². The number of aromatic nitrogens is 1. The minimum atomic E-state index is 0.0936. The van der Waals surface area contributed by atoms with Crippen molar-refractivity contribution in [3.63, 3.8) is 0 Å². The van der Waals surface area contributed by atoms with E-state index in [2.05, 4.69) is 4.98 Å². The fourth-order valence-electron chi connectivity index (χ4n) is 0.861. The summed E-state index contributed by atoms with van der Waals surface area (Å²) in [6, 6.07) is 0. The van der Waals surface area contributed by atoms with Crippen molar-refractivity contribution in [3.8, 4) is 0 Å². The molecule has 1 rings (SSSR count). The maximum Gasteiger partial charge on any atom is 0.0903 e. The van der Waals surface area contributed by atoms with Crippen molar-refractivity contribution < 1.29 is 5.11 Å². The van der Waals surface area contributed by atoms with Crippen molar-refractivity contribution in [1.82, 2.24) is 4.98 Å². The maximum atomic E-state index is 8.52. The third kappa shape index (κ3) is 2.13. The van der Waals surface area contributed by atoms with Gasteiger partial charge in [-0.05, 0) is 19.9 Å². The Kier molecular flexibility index (Phi) is 2.79. The number of aliphatic hydroxyl groups is 1. The average molecular weight is 169 g/mol. The van der Waals surface area contributed by atoms with E-state index < -0.39 is 0 Å². The molecule has 0 aromatic carbocycles. The van der Waals surface area contributed by atoms with Crippen LogP contribution in [0.4, 0.5) is 0 Å². The largest absolute Gasteiger partial charge is 0.392 e. The van der Waals surface area contributed by atoms with Crippen LogP contribution in [0, 0.1) is 13.8 Å². The van der Waals surface area contributed by atoms with E-state index in [-0.39, 0.29) is 6.61 Å². The second-order valence-corrected chi connectivity index (χ2v) is 3.50. The molecule has 0 atom stereocenters. The van der Waals surface area contributed by atoms with Crippen molar-refractivity contribution in [1.29, 1.82) is 0 Å². The minimum absolute atomic E-state index is 0.0936. The highest BCUT2D eigenvalue weighted by atomic mass is 32.1. The first-order valence-corrected chi connectivity index (χ1v) is 4.27. The molecule has 0 amide bonds. The normalized spacial score (nSPS) is 11.2. The lowest BCUT2D eigenvalue weighted by atomic mass is 10.3. The Bertz CT molecular complexity index is 265. The first-order chi connectivity index (χ1) is 5.24. The van der Waals surface area contributed by atoms with Gasteiger partial charge in [0.25, 0.3) is 0 Å². The van der Waals surface area contributed by atoms with Crippen molar-refractivity contribution in [3.05, 3.63) is 21.7 Å². The zero-order chi connectivity index (χ0) is 8.27. The van der Waals surface area contributed by atoms with Gasteiger partial charge in [-0.2, -0.15) is 0 Å². The van der Waals surface area contributed by atoms with E-state index in [9.17, 15) is 0 Å². The number of hydrogen-bond acceptors (Lipinski definition) is 3. The quantitative estimate of drug-likeness (QED) is 0.732. The van der Waals surface area contributed by atoms with Gasteiger partial charge in [0, 0.05) is 4.88 Å². The molecule has 0 spiro atoms. The van der Waals surface area contributed by atoms with Gasteiger partial charge < -0.3 is 5.11 Å². The monoisotopic (exact) mass is 169 g/mol. The summed E-state index contributed by atoms with van der Waals surface area (Å²) in [6.07, 6.45) is 3.62. The Balaban J connectivity index is 2.85. The van der Waals surface area contributed by atoms with Crippen LogP contribution in [-0.4, -0.2) is 16.7 Å². The van der Waals surface area contributed by atoms with E-state index in [1.165, 1.54) is 0 Å². The maximum absolute atomic E-state index is 8.52. The molecule has 0 saturated heterocycles. The molecule has 0 unspecified atom stereocenters. The van der Waals surface area contributed by atoms with Gasteiger partial charge in [0.2, 0.25) is 0 Å². The van der Waals surface area contributed by atoms with E-state index in [1.807, 2.05) is 19.9 Å². The second kappa shape index (κ2) is 3.64. The van der Waals surface area contributed by atoms with Gasteiger partial charge in [-0.25, -0.2) is 4.98 Å². The van der Waals surface area contributed by atoms with Gasteiger partial charge in [-0.1, -0.05) is 6.08 Å². The molecule has 0 aliphatic heterocycles. The average Bonchev–Trinajstić information content (AvgIpc) is 2.26. The highest BCUT2D eigenvalue weighted by Gasteiger charge is 1.98. The zero-order valence-corrected chi connectivity index (χ0v) is 7.48. The van der Waals surface area contributed by atoms with E-state index >= 15 is 0 Å². The highest BCUT2D eigenvalue weighted by Crippen LogP contribution is 2.18. The fraction of sp³-hybridized carbons (Fsp3) is 0.375. The molecule has 0 radical (unpaired) electrons. The van der Waals surface area contributed by atoms with Crippen molar-refractivity contribution >= 4 is 17.4 Å². The number of aliphatic hydroxyl groups excluding tert-OH is 1. The van der Waals surface area contributed by atoms with Crippen LogP contribution >= 0.6 is 11.3 Å². The first kappa shape index (κ1) is 8.43. The molecule has 2 nitrogen and oxygen atoms in total. The number of aryl methyl sites for hydroxylation is 2. The molecule has 60 valence electrons. The summed E-state index contributed by atoms with van der Waals surface area (Å²) in [5.74, 6) is 0. The Morgan fingerprint density at radius 1 is 1.55 bits per heavy atom. The van der Waals surface area contributed by atoms with E-state index in [0.717, 1.165) is 15.6 Å². The molecule has 1 heterocycles. The molecular weight excluding hydrogens is 158 g/mol. The van der Waals surface area contributed by atoms with Gasteiger partial charge in [0.05, 0.1) is 17.3 Å². The van der Waals surface area contributed by atoms with Gasteiger partial charge in [0.1, 0.15) is 0 Å². The molecule has 3 heteroatoms. The lowest BCUT2D eigenvalue weighted by Gasteiger charge is -1.84. The molecule has 0 aliphatic carbocycles. The molecule has 1 aromatic rings. The summed E-state index contributed by atoms with van der Waals surface area (Å²) in [4.78, 5) is 5.39. The first-order valence-electron chi connectivity index (χ1n) is 3.45. The minimum Gasteiger partial charge on any atom is -0.392 e. The molecule has 1 aromatic heterocycles. The molecule has 11 heavy (non-hydrogen) atoms. The fourth-order valence-corrected chi connectivity index (χ4v) is 1.72. The zero-order valence-electron chi connectivity index (χ0n) is 6.66. The van der Waals surface area contributed by atoms with E-state index in [1.54, 1.807) is 17.4 Å². The standard InChI is InChI=1S/C8H11NOS/c1-6-8(4-3-5-10)11-7(2)9-6/h3-4,10H,5H2,1-2H3. The predicted octanol–water partition coefficient (Wildman–Crippen LogP) is 1.77. The Hall–Kier alpha value is -0.670. The summed E-state index contributed by atoms with van der Waals surface area (Å²) in [6.45, 7) is 4.05. The van der Waals surface area contributed by atoms with Crippen LogP contribution in [0.5, 0.6) is 0 Å². The van der Waals surface area contributed by atoms with Crippen LogP contribution < -0.4 is 0 Å². The van der Waals surface area contributed by atoms with Crippen LogP contribution in [0.25, 0.3) is 6.08 Å². The summed E-state index contributed by atoms with van der Waals surface area (Å²) in [5, 5.41) is 9.59. The molecule has 0 aliphatic rings. The lowest BCUT2D eigenvalue weighted by Crippen LogP contribution is -1.74. The Labute approximate surface area is 70.2 Å². The number of thiazole rings is 1. The van der Waals surface area contributed by atoms with Gasteiger partial charge in [-0.3, -0.25) is 0 Å². The molecule has 0 fully saturated rings. The predicted molar refractivity (Wildman–Crippen MR) is 47.7 cm³/mol. The van der Waals surface area contributed by atoms with Crippen LogP contribution in [0.3, 0.4) is 0 Å². The van der Waals surface area contributed by atoms with Crippen molar-refractivity contribution in [2.75, 3.05) is 6.61 Å². The summed E-state index contributed by atoms with van der Waals surface area (Å²) < 4.78 is 0. The van der Waals surface area contributed by atoms with Crippen molar-refractivity contribution in [2.45, 2.75) is 13.8 Å². The summed E-state index contributed by atoms with van der Waals surface area (Å²) in [5.41, 5.74) is 1.04. The third-order valence-corrected chi connectivity index (χ3v) is 2.35. The molecular formula is C8H11NOS. The van der Waals surface area contributed by atoms with E-state index in [4.69, 9.17) is 5.11 Å². The molecule has 1 N–H and O–H groups in total. The van der Waals surface area contributed by atoms with Crippen LogP contribution in [-0.2, 0) is 0 Å². The second-order valence-electron chi connectivity index (χ2n) is 2.27. The summed E-state index contributed by atoms with van der Waals surface area (Å²) >= 11 is 1.65. The lowest BCUT2D eigenvalue weighted by molar-refractivity contribution is 0.343. The third-order valence-electron chi connectivity index (χ3n) is 1.31. The van der Waals surface area contributed by atoms with Gasteiger partial charge in [-0.15, -0.1) is 11.3 Å². The topological polar surface area (TPSA) is 33.1 Å². The number of hydrogen-bond donors (Lipinski definition) is 1. The smallest absolute Gasteiger partial charge is 0.0903 e. The van der Waals surface area contributed by atoms with Crippen molar-refractivity contribution in [2.24, 2.45) is 0 Å². The Morgan fingerprint density at radius 3 is 2.73 bits per heavy atom. The van der Waals surface area contributed by atoms with Gasteiger partial charge in [0.15, 0.2) is 0 Å². The SMILES string of the molecule is Cc1nc(C)c(C=CCO)s1. The number of rotatable bonds is 2. The van der Waals surface area contributed by atoms with Gasteiger partial charge >= 0.3 is 0 Å². The van der Waals surface area contributed by atoms with Crippen LogP contribution in [0.1, 0.15) is 15.6 Å². The molecule has 0 saturated carbocycles.